The van der Waals surface area contributed by atoms with Crippen LogP contribution in [-0.2, 0) is 17.9 Å². The van der Waals surface area contributed by atoms with E-state index in [4.69, 9.17) is 9.84 Å². The molecule has 1 aromatic carbocycles. The van der Waals surface area contributed by atoms with E-state index >= 15 is 0 Å². The van der Waals surface area contributed by atoms with Gasteiger partial charge in [-0.15, -0.1) is 6.58 Å². The molecule has 0 amide bonds. The van der Waals surface area contributed by atoms with Gasteiger partial charge in [0.15, 0.2) is 6.61 Å². The number of esters is 1. The summed E-state index contributed by atoms with van der Waals surface area (Å²) < 4.78 is 7.08. The fraction of sp³-hybridized carbons (Fsp3) is 0.263. The van der Waals surface area contributed by atoms with Crippen molar-refractivity contribution < 1.29 is 19.4 Å². The lowest BCUT2D eigenvalue weighted by Crippen LogP contribution is -2.15. The zero-order valence-corrected chi connectivity index (χ0v) is 13.9. The van der Waals surface area contributed by atoms with Gasteiger partial charge in [-0.2, -0.15) is 0 Å². The first kappa shape index (κ1) is 17.7. The summed E-state index contributed by atoms with van der Waals surface area (Å²) in [5, 5.41) is 8.99. The summed E-state index contributed by atoms with van der Waals surface area (Å²) in [6, 6.07) is 8.20. The Morgan fingerprint density at radius 3 is 2.50 bits per heavy atom. The molecule has 0 aliphatic carbocycles. The number of ketones is 1. The third-order valence-corrected chi connectivity index (χ3v) is 3.89. The normalized spacial score (nSPS) is 10.5. The zero-order chi connectivity index (χ0) is 17.7. The van der Waals surface area contributed by atoms with E-state index in [1.807, 2.05) is 18.4 Å². The smallest absolute Gasteiger partial charge is 0.338 e. The van der Waals surface area contributed by atoms with Crippen molar-refractivity contribution in [3.63, 3.8) is 0 Å². The number of carbonyl (C=O) groups excluding carboxylic acids is 2. The molecule has 5 nitrogen and oxygen atoms in total. The number of nitrogens with zero attached hydrogens (tertiary/aromatic N) is 1. The van der Waals surface area contributed by atoms with Crippen LogP contribution in [0.25, 0.3) is 0 Å². The summed E-state index contributed by atoms with van der Waals surface area (Å²) >= 11 is 0. The molecule has 2 rings (SSSR count). The molecule has 0 atom stereocenters. The van der Waals surface area contributed by atoms with Crippen LogP contribution in [0.15, 0.2) is 43.0 Å². The Labute approximate surface area is 141 Å². The SMILES string of the molecule is C=CCn1c(C)cc(C(=O)COC(=O)c2ccc(CO)cc2)c1C. The molecule has 1 N–H and O–H groups in total. The molecule has 0 unspecified atom stereocenters. The summed E-state index contributed by atoms with van der Waals surface area (Å²) in [6.07, 6.45) is 1.77. The lowest BCUT2D eigenvalue weighted by atomic mass is 10.1. The highest BCUT2D eigenvalue weighted by Gasteiger charge is 2.17. The number of aryl methyl sites for hydroxylation is 1. The maximum Gasteiger partial charge on any atom is 0.338 e. The summed E-state index contributed by atoms with van der Waals surface area (Å²) in [5.74, 6) is -0.800. The molecular formula is C19H21NO4. The van der Waals surface area contributed by atoms with Crippen LogP contribution in [0.4, 0.5) is 0 Å². The standard InChI is InChI=1S/C19H21NO4/c1-4-9-20-13(2)10-17(14(20)3)18(22)12-24-19(23)16-7-5-15(11-21)6-8-16/h4-8,10,21H,1,9,11-12H2,2-3H3. The van der Waals surface area contributed by atoms with Crippen molar-refractivity contribution >= 4 is 11.8 Å². The van der Waals surface area contributed by atoms with E-state index in [9.17, 15) is 9.59 Å². The second-order valence-electron chi connectivity index (χ2n) is 5.54. The average Bonchev–Trinajstić information content (AvgIpc) is 2.88. The van der Waals surface area contributed by atoms with E-state index in [1.54, 1.807) is 36.4 Å². The molecule has 5 heteroatoms. The van der Waals surface area contributed by atoms with E-state index in [1.165, 1.54) is 0 Å². The zero-order valence-electron chi connectivity index (χ0n) is 13.9. The summed E-state index contributed by atoms with van der Waals surface area (Å²) in [5.41, 5.74) is 3.40. The minimum atomic E-state index is -0.562. The van der Waals surface area contributed by atoms with E-state index < -0.39 is 5.97 Å². The monoisotopic (exact) mass is 327 g/mol. The van der Waals surface area contributed by atoms with E-state index in [-0.39, 0.29) is 19.0 Å². The molecule has 1 aromatic heterocycles. The summed E-state index contributed by atoms with van der Waals surface area (Å²) in [4.78, 5) is 24.3. The van der Waals surface area contributed by atoms with Crippen LogP contribution in [0.1, 0.15) is 37.7 Å². The predicted octanol–water partition coefficient (Wildman–Crippen LogP) is 2.82. The molecule has 0 fully saturated rings. The van der Waals surface area contributed by atoms with Gasteiger partial charge in [0.2, 0.25) is 5.78 Å². The van der Waals surface area contributed by atoms with Crippen LogP contribution < -0.4 is 0 Å². The molecule has 0 bridgehead atoms. The van der Waals surface area contributed by atoms with E-state index in [0.29, 0.717) is 23.2 Å². The number of carbonyl (C=O) groups is 2. The Morgan fingerprint density at radius 2 is 1.92 bits per heavy atom. The van der Waals surface area contributed by atoms with Crippen LogP contribution in [0.5, 0.6) is 0 Å². The summed E-state index contributed by atoms with van der Waals surface area (Å²) in [6.45, 7) is 7.72. The van der Waals surface area contributed by atoms with Gasteiger partial charge in [0, 0.05) is 23.5 Å². The van der Waals surface area contributed by atoms with Gasteiger partial charge in [-0.1, -0.05) is 18.2 Å². The molecule has 0 aliphatic heterocycles. The Kier molecular flexibility index (Phi) is 5.71. The highest BCUT2D eigenvalue weighted by atomic mass is 16.5. The van der Waals surface area contributed by atoms with Crippen LogP contribution in [0.2, 0.25) is 0 Å². The fourth-order valence-electron chi connectivity index (χ4n) is 2.53. The van der Waals surface area contributed by atoms with Crippen LogP contribution in [0.3, 0.4) is 0 Å². The van der Waals surface area contributed by atoms with Crippen LogP contribution >= 0.6 is 0 Å². The molecule has 0 spiro atoms. The number of allylic oxidation sites excluding steroid dienone is 1. The molecule has 0 saturated heterocycles. The number of benzene rings is 1. The molecular weight excluding hydrogens is 306 g/mol. The van der Waals surface area contributed by atoms with Crippen molar-refractivity contribution in [3.8, 4) is 0 Å². The van der Waals surface area contributed by atoms with Crippen LogP contribution in [-0.4, -0.2) is 28.0 Å². The first-order chi connectivity index (χ1) is 11.5. The quantitative estimate of drug-likeness (QED) is 0.482. The first-order valence-corrected chi connectivity index (χ1v) is 7.65. The number of hydrogen-bond acceptors (Lipinski definition) is 4. The topological polar surface area (TPSA) is 68.5 Å². The Hall–Kier alpha value is -2.66. The van der Waals surface area contributed by atoms with Gasteiger partial charge < -0.3 is 14.4 Å². The first-order valence-electron chi connectivity index (χ1n) is 7.65. The molecule has 126 valence electrons. The lowest BCUT2D eigenvalue weighted by Gasteiger charge is -2.07. The maximum absolute atomic E-state index is 12.3. The van der Waals surface area contributed by atoms with Crippen molar-refractivity contribution in [1.82, 2.24) is 4.57 Å². The van der Waals surface area contributed by atoms with Gasteiger partial charge in [-0.25, -0.2) is 4.79 Å². The van der Waals surface area contributed by atoms with Gasteiger partial charge >= 0.3 is 5.97 Å². The third-order valence-electron chi connectivity index (χ3n) is 3.89. The Balaban J connectivity index is 2.03. The highest BCUT2D eigenvalue weighted by Crippen LogP contribution is 2.16. The second kappa shape index (κ2) is 7.75. The highest BCUT2D eigenvalue weighted by molar-refractivity contribution is 6.00. The van der Waals surface area contributed by atoms with Gasteiger partial charge in [0.1, 0.15) is 0 Å². The lowest BCUT2D eigenvalue weighted by molar-refractivity contribution is 0.0474. The van der Waals surface area contributed by atoms with Crippen molar-refractivity contribution in [1.29, 1.82) is 0 Å². The number of Topliss-reactive ketones (excluding diaryl/α,β-unsaturated/α-hetero) is 1. The van der Waals surface area contributed by atoms with Gasteiger partial charge in [0.05, 0.1) is 12.2 Å². The predicted molar refractivity (Wildman–Crippen MR) is 91.1 cm³/mol. The van der Waals surface area contributed by atoms with Crippen molar-refractivity contribution in [3.05, 3.63) is 71.1 Å². The number of hydrogen-bond donors (Lipinski definition) is 1. The largest absolute Gasteiger partial charge is 0.454 e. The van der Waals surface area contributed by atoms with Gasteiger partial charge in [-0.3, -0.25) is 4.79 Å². The average molecular weight is 327 g/mol. The van der Waals surface area contributed by atoms with Crippen LogP contribution in [0, 0.1) is 13.8 Å². The minimum absolute atomic E-state index is 0.0891. The number of ether oxygens (including phenoxy) is 1. The maximum atomic E-state index is 12.3. The number of rotatable bonds is 7. The van der Waals surface area contributed by atoms with Crippen molar-refractivity contribution in [2.24, 2.45) is 0 Å². The Morgan fingerprint density at radius 1 is 1.25 bits per heavy atom. The molecule has 0 saturated carbocycles. The molecule has 1 heterocycles. The van der Waals surface area contributed by atoms with Crippen molar-refractivity contribution in [2.45, 2.75) is 27.0 Å². The number of aliphatic hydroxyl groups is 1. The van der Waals surface area contributed by atoms with E-state index in [2.05, 4.69) is 6.58 Å². The van der Waals surface area contributed by atoms with Gasteiger partial charge in [-0.05, 0) is 37.6 Å². The van der Waals surface area contributed by atoms with Crippen molar-refractivity contribution in [2.75, 3.05) is 6.61 Å². The van der Waals surface area contributed by atoms with E-state index in [0.717, 1.165) is 11.4 Å². The number of aromatic nitrogens is 1. The molecule has 0 radical (unpaired) electrons. The van der Waals surface area contributed by atoms with Gasteiger partial charge in [0.25, 0.3) is 0 Å². The second-order valence-corrected chi connectivity index (χ2v) is 5.54. The minimum Gasteiger partial charge on any atom is -0.454 e. The molecule has 0 aliphatic rings. The number of aliphatic hydroxyl groups excluding tert-OH is 1. The summed E-state index contributed by atoms with van der Waals surface area (Å²) in [7, 11) is 0. The molecule has 2 aromatic rings. The third kappa shape index (κ3) is 3.81. The fourth-order valence-corrected chi connectivity index (χ4v) is 2.53. The Bertz CT molecular complexity index is 756. The molecule has 24 heavy (non-hydrogen) atoms.